The van der Waals surface area contributed by atoms with Crippen molar-refractivity contribution in [2.75, 3.05) is 6.54 Å². The van der Waals surface area contributed by atoms with Crippen molar-refractivity contribution in [1.29, 1.82) is 0 Å². The summed E-state index contributed by atoms with van der Waals surface area (Å²) in [5.74, 6) is 6.12. The molecule has 0 amide bonds. The number of fused-ring (bicyclic) bond motifs is 1. The molecule has 1 unspecified atom stereocenters. The molecule has 0 aliphatic carbocycles. The molecule has 5 heteroatoms. The Hall–Kier alpha value is -1.33. The summed E-state index contributed by atoms with van der Waals surface area (Å²) in [7, 11) is 0. The normalized spacial score (nSPS) is 28.1. The predicted octanol–water partition coefficient (Wildman–Crippen LogP) is -2.30. The molecule has 0 saturated heterocycles. The number of nitrogens with one attached hydrogen (secondary N) is 1. The van der Waals surface area contributed by atoms with E-state index in [0.29, 0.717) is 12.4 Å². The molecule has 2 rings (SSSR count). The third kappa shape index (κ3) is 0.903. The van der Waals surface area contributed by atoms with Gasteiger partial charge in [-0.2, -0.15) is 4.99 Å². The monoisotopic (exact) mass is 152 g/mol. The highest BCUT2D eigenvalue weighted by molar-refractivity contribution is 5.52. The Balaban J connectivity index is 2.34. The number of quaternary nitrogens is 1. The van der Waals surface area contributed by atoms with Crippen LogP contribution in [-0.4, -0.2) is 17.9 Å². The van der Waals surface area contributed by atoms with Gasteiger partial charge in [-0.15, -0.1) is 0 Å². The highest BCUT2D eigenvalue weighted by atomic mass is 15.4. The zero-order chi connectivity index (χ0) is 7.84. The molecule has 5 N–H and O–H groups in total. The van der Waals surface area contributed by atoms with Crippen LogP contribution in [0.15, 0.2) is 28.9 Å². The zero-order valence-electron chi connectivity index (χ0n) is 5.99. The quantitative estimate of drug-likeness (QED) is 0.342. The maximum atomic E-state index is 5.60. The standard InChI is InChI=1S/C6H9N5/c7-6-5-3-11(8)2-1-10(5)4-9-6/h1-2,4H,3,7-8H2/p+1. The highest BCUT2D eigenvalue weighted by Gasteiger charge is 2.25. The molecular formula is C6H10N5+. The summed E-state index contributed by atoms with van der Waals surface area (Å²) < 4.78 is 0. The van der Waals surface area contributed by atoms with Crippen molar-refractivity contribution < 1.29 is 4.90 Å². The van der Waals surface area contributed by atoms with Gasteiger partial charge in [-0.05, 0) is 0 Å². The smallest absolute Gasteiger partial charge is 0.200 e. The number of hydrazine groups is 1. The van der Waals surface area contributed by atoms with Gasteiger partial charge in [0, 0.05) is 0 Å². The summed E-state index contributed by atoms with van der Waals surface area (Å²) in [5.41, 5.74) is 6.62. The van der Waals surface area contributed by atoms with Gasteiger partial charge >= 0.3 is 0 Å². The molecule has 0 spiro atoms. The maximum Gasteiger partial charge on any atom is 0.200 e. The topological polar surface area (TPSA) is 72.1 Å². The number of hydrogen-bond acceptors (Lipinski definition) is 4. The van der Waals surface area contributed by atoms with Crippen LogP contribution < -0.4 is 16.5 Å². The van der Waals surface area contributed by atoms with Crippen molar-refractivity contribution in [3.63, 3.8) is 0 Å². The van der Waals surface area contributed by atoms with Crippen molar-refractivity contribution in [3.05, 3.63) is 23.9 Å². The molecule has 2 aliphatic rings. The van der Waals surface area contributed by atoms with Crippen molar-refractivity contribution in [2.24, 2.45) is 16.6 Å². The number of rotatable bonds is 0. The molecule has 0 radical (unpaired) electrons. The van der Waals surface area contributed by atoms with Crippen LogP contribution in [-0.2, 0) is 0 Å². The second kappa shape index (κ2) is 2.08. The van der Waals surface area contributed by atoms with E-state index in [4.69, 9.17) is 11.6 Å². The average Bonchev–Trinajstić information content (AvgIpc) is 2.33. The minimum Gasteiger partial charge on any atom is -0.379 e. The lowest BCUT2D eigenvalue weighted by Crippen LogP contribution is -3.05. The van der Waals surface area contributed by atoms with Gasteiger partial charge in [-0.25, -0.2) is 10.7 Å². The zero-order valence-corrected chi connectivity index (χ0v) is 5.99. The predicted molar refractivity (Wildman–Crippen MR) is 40.7 cm³/mol. The van der Waals surface area contributed by atoms with E-state index in [2.05, 4.69) is 4.99 Å². The Morgan fingerprint density at radius 1 is 1.64 bits per heavy atom. The molecule has 0 aromatic rings. The first-order valence-electron chi connectivity index (χ1n) is 3.37. The number of nitrogens with two attached hydrogens (primary N) is 2. The fraction of sp³-hybridized carbons (Fsp3) is 0.167. The van der Waals surface area contributed by atoms with Crippen LogP contribution in [0.1, 0.15) is 0 Å². The molecular weight excluding hydrogens is 142 g/mol. The minimum atomic E-state index is 0.583. The van der Waals surface area contributed by atoms with E-state index in [9.17, 15) is 0 Å². The first-order valence-corrected chi connectivity index (χ1v) is 3.37. The first kappa shape index (κ1) is 6.38. The second-order valence-electron chi connectivity index (χ2n) is 2.57. The van der Waals surface area contributed by atoms with E-state index in [1.165, 1.54) is 0 Å². The lowest BCUT2D eigenvalue weighted by atomic mass is 10.3. The summed E-state index contributed by atoms with van der Waals surface area (Å²) >= 11 is 0. The summed E-state index contributed by atoms with van der Waals surface area (Å²) in [4.78, 5) is 5.05. The molecule has 2 heterocycles. The number of aliphatic imine (C=N–C) groups is 1. The van der Waals surface area contributed by atoms with Crippen molar-refractivity contribution in [1.82, 2.24) is 5.01 Å². The molecule has 0 aromatic heterocycles. The van der Waals surface area contributed by atoms with E-state index in [1.807, 2.05) is 12.4 Å². The third-order valence-electron chi connectivity index (χ3n) is 1.79. The van der Waals surface area contributed by atoms with Crippen molar-refractivity contribution in [2.45, 2.75) is 0 Å². The molecule has 0 aromatic carbocycles. The largest absolute Gasteiger partial charge is 0.379 e. The minimum absolute atomic E-state index is 0.583. The SMILES string of the molecule is NC1=C2CN(N)C=C[NH+]2C=N1. The fourth-order valence-electron chi connectivity index (χ4n) is 1.17. The maximum absolute atomic E-state index is 5.60. The van der Waals surface area contributed by atoms with Gasteiger partial charge < -0.3 is 10.7 Å². The van der Waals surface area contributed by atoms with Crippen molar-refractivity contribution >= 4 is 6.34 Å². The van der Waals surface area contributed by atoms with Crippen molar-refractivity contribution in [3.8, 4) is 0 Å². The Kier molecular flexibility index (Phi) is 1.21. The molecule has 0 saturated carbocycles. The van der Waals surface area contributed by atoms with Gasteiger partial charge in [0.1, 0.15) is 12.7 Å². The molecule has 0 bridgehead atoms. The molecule has 0 fully saturated rings. The van der Waals surface area contributed by atoms with Crippen LogP contribution >= 0.6 is 0 Å². The molecule has 2 aliphatic heterocycles. The summed E-state index contributed by atoms with van der Waals surface area (Å²) in [5, 5.41) is 1.58. The van der Waals surface area contributed by atoms with Gasteiger partial charge in [0.25, 0.3) is 0 Å². The lowest BCUT2D eigenvalue weighted by Gasteiger charge is -2.20. The molecule has 1 atom stereocenters. The van der Waals surface area contributed by atoms with Crippen LogP contribution in [0.2, 0.25) is 0 Å². The van der Waals surface area contributed by atoms with Gasteiger partial charge in [0.05, 0.1) is 6.20 Å². The lowest BCUT2D eigenvalue weighted by molar-refractivity contribution is -0.694. The van der Waals surface area contributed by atoms with E-state index in [1.54, 1.807) is 11.3 Å². The van der Waals surface area contributed by atoms with Gasteiger partial charge in [-0.3, -0.25) is 0 Å². The van der Waals surface area contributed by atoms with Crippen LogP contribution in [0.4, 0.5) is 0 Å². The van der Waals surface area contributed by atoms with E-state index >= 15 is 0 Å². The highest BCUT2D eigenvalue weighted by Crippen LogP contribution is 2.01. The van der Waals surface area contributed by atoms with Gasteiger partial charge in [0.15, 0.2) is 17.9 Å². The Bertz CT molecular complexity index is 264. The third-order valence-corrected chi connectivity index (χ3v) is 1.79. The van der Waals surface area contributed by atoms with Gasteiger partial charge in [0.2, 0.25) is 0 Å². The van der Waals surface area contributed by atoms with Crippen LogP contribution in [0.25, 0.3) is 0 Å². The molecule has 58 valence electrons. The number of hydrogen-bond donors (Lipinski definition) is 3. The first-order chi connectivity index (χ1) is 5.27. The summed E-state index contributed by atoms with van der Waals surface area (Å²) in [6, 6.07) is 0. The molecule has 5 nitrogen and oxygen atoms in total. The number of nitrogens with zero attached hydrogens (tertiary/aromatic N) is 2. The van der Waals surface area contributed by atoms with Crippen LogP contribution in [0, 0.1) is 0 Å². The Morgan fingerprint density at radius 3 is 3.27 bits per heavy atom. The summed E-state index contributed by atoms with van der Waals surface area (Å²) in [6.07, 6.45) is 5.47. The molecule has 11 heavy (non-hydrogen) atoms. The van der Waals surface area contributed by atoms with Gasteiger partial charge in [-0.1, -0.05) is 0 Å². The van der Waals surface area contributed by atoms with E-state index < -0.39 is 0 Å². The Labute approximate surface area is 64.2 Å². The van der Waals surface area contributed by atoms with Crippen LogP contribution in [0.5, 0.6) is 0 Å². The second-order valence-corrected chi connectivity index (χ2v) is 2.57. The summed E-state index contributed by atoms with van der Waals surface area (Å²) in [6.45, 7) is 0.650. The fourth-order valence-corrected chi connectivity index (χ4v) is 1.17. The Morgan fingerprint density at radius 2 is 2.45 bits per heavy atom. The average molecular weight is 152 g/mol. The van der Waals surface area contributed by atoms with Crippen LogP contribution in [0.3, 0.4) is 0 Å². The van der Waals surface area contributed by atoms with E-state index in [-0.39, 0.29) is 0 Å². The van der Waals surface area contributed by atoms with E-state index in [0.717, 1.165) is 10.6 Å².